The number of hydrogen-bond donors (Lipinski definition) is 1. The highest BCUT2D eigenvalue weighted by molar-refractivity contribution is 6.03. The van der Waals surface area contributed by atoms with Gasteiger partial charge in [-0.25, -0.2) is 22.8 Å². The van der Waals surface area contributed by atoms with Gasteiger partial charge >= 0.3 is 17.8 Å². The molecular formula is C64H76F3N11O8. The SMILES string of the molecule is C#Cc1c(F)ccc2cc(OCOC)cc(-c3ncc4c(N5CC6CCC(C5)N6C(=O)OC(C)(C)C)nc(OCCN5CCC6(CC5)CCN(CC5CCN(c7ccc8c(c7F)n(C(C)C)c(=O)n8C7CCC(=O)NC7=O)CC5)CC6)nc4c3F)c12. The number of imidazole rings is 1. The third-order valence-electron chi connectivity index (χ3n) is 18.8. The molecule has 3 unspecified atom stereocenters. The number of terminal acetylenes is 1. The number of carbonyl (C=O) groups is 3. The van der Waals surface area contributed by atoms with Crippen LogP contribution in [0.2, 0.25) is 0 Å². The van der Waals surface area contributed by atoms with Gasteiger partial charge in [-0.1, -0.05) is 12.0 Å². The number of aromatic nitrogens is 5. The van der Waals surface area contributed by atoms with Crippen LogP contribution in [-0.2, 0) is 19.1 Å². The summed E-state index contributed by atoms with van der Waals surface area (Å²) in [6, 6.07) is 7.99. The summed E-state index contributed by atoms with van der Waals surface area (Å²) in [4.78, 5) is 77.5. The third kappa shape index (κ3) is 11.3. The van der Waals surface area contributed by atoms with Crippen LogP contribution in [0.5, 0.6) is 11.8 Å². The summed E-state index contributed by atoms with van der Waals surface area (Å²) in [5, 5.41) is 3.51. The zero-order chi connectivity index (χ0) is 60.3. The predicted molar refractivity (Wildman–Crippen MR) is 320 cm³/mol. The van der Waals surface area contributed by atoms with Crippen LogP contribution >= 0.6 is 0 Å². The monoisotopic (exact) mass is 1180 g/mol. The van der Waals surface area contributed by atoms with E-state index in [1.54, 1.807) is 30.3 Å². The molecule has 0 saturated carbocycles. The number of piperazine rings is 1. The van der Waals surface area contributed by atoms with E-state index in [-0.39, 0.29) is 95.6 Å². The van der Waals surface area contributed by atoms with Crippen LogP contribution in [0.4, 0.5) is 29.5 Å². The molecular weight excluding hydrogens is 1110 g/mol. The number of hydrogen-bond acceptors (Lipinski definition) is 15. The van der Waals surface area contributed by atoms with Gasteiger partial charge in [0.15, 0.2) is 18.4 Å². The van der Waals surface area contributed by atoms with Gasteiger partial charge in [0.25, 0.3) is 0 Å². The minimum atomic E-state index is -0.888. The fourth-order valence-corrected chi connectivity index (χ4v) is 14.3. The van der Waals surface area contributed by atoms with Gasteiger partial charge in [-0.2, -0.15) is 9.97 Å². The number of nitrogens with zero attached hydrogens (tertiary/aromatic N) is 10. The maximum Gasteiger partial charge on any atom is 0.410 e. The molecule has 9 heterocycles. The fraction of sp³-hybridized carbons (Fsp3) is 0.547. The summed E-state index contributed by atoms with van der Waals surface area (Å²) >= 11 is 0. The Morgan fingerprint density at radius 2 is 1.57 bits per heavy atom. The molecule has 3 aromatic carbocycles. The molecule has 3 amide bonds. The number of amides is 3. The van der Waals surface area contributed by atoms with Crippen molar-refractivity contribution in [1.29, 1.82) is 0 Å². The number of halogens is 3. The molecule has 1 N–H and O–H groups in total. The second-order valence-corrected chi connectivity index (χ2v) is 25.6. The lowest BCUT2D eigenvalue weighted by Gasteiger charge is -2.47. The van der Waals surface area contributed by atoms with Crippen molar-refractivity contribution in [3.05, 3.63) is 76.1 Å². The number of pyridine rings is 1. The number of imide groups is 1. The molecule has 86 heavy (non-hydrogen) atoms. The van der Waals surface area contributed by atoms with E-state index in [1.807, 2.05) is 39.5 Å². The molecule has 6 aromatic rings. The van der Waals surface area contributed by atoms with Crippen molar-refractivity contribution in [2.24, 2.45) is 11.3 Å². The maximum absolute atomic E-state index is 17.6. The molecule has 19 nitrogen and oxygen atoms in total. The summed E-state index contributed by atoms with van der Waals surface area (Å²) in [6.07, 6.45) is 15.1. The number of nitrogens with one attached hydrogen (secondary N) is 1. The molecule has 6 fully saturated rings. The highest BCUT2D eigenvalue weighted by Crippen LogP contribution is 2.44. The number of anilines is 2. The first-order chi connectivity index (χ1) is 41.3. The smallest absolute Gasteiger partial charge is 0.410 e. The zero-order valence-electron chi connectivity index (χ0n) is 49.9. The average molecular weight is 1180 g/mol. The van der Waals surface area contributed by atoms with Gasteiger partial charge in [-0.15, -0.1) is 6.42 Å². The van der Waals surface area contributed by atoms with Gasteiger partial charge in [0.1, 0.15) is 52.4 Å². The Bertz CT molecular complexity index is 3710. The van der Waals surface area contributed by atoms with E-state index in [0.717, 1.165) is 84.1 Å². The molecule has 3 atom stereocenters. The number of carbonyl (C=O) groups excluding carboxylic acids is 3. The van der Waals surface area contributed by atoms with E-state index >= 15 is 13.2 Å². The minimum Gasteiger partial charge on any atom is -0.468 e. The number of ether oxygens (including phenoxy) is 4. The van der Waals surface area contributed by atoms with Crippen LogP contribution < -0.4 is 30.3 Å². The van der Waals surface area contributed by atoms with Crippen molar-refractivity contribution in [3.8, 4) is 35.4 Å². The predicted octanol–water partition coefficient (Wildman–Crippen LogP) is 8.96. The second kappa shape index (κ2) is 23.7. The van der Waals surface area contributed by atoms with Crippen LogP contribution in [0.25, 0.3) is 44.0 Å². The van der Waals surface area contributed by atoms with Gasteiger partial charge in [0.2, 0.25) is 11.8 Å². The summed E-state index contributed by atoms with van der Waals surface area (Å²) in [7, 11) is 1.49. The maximum atomic E-state index is 17.6. The molecule has 456 valence electrons. The molecule has 6 aliphatic heterocycles. The summed E-state index contributed by atoms with van der Waals surface area (Å²) in [5.74, 6) is 0.916. The Hall–Kier alpha value is -7.48. The Labute approximate surface area is 498 Å². The minimum absolute atomic E-state index is 0.000501. The van der Waals surface area contributed by atoms with Crippen molar-refractivity contribution in [3.63, 3.8) is 0 Å². The molecule has 6 saturated heterocycles. The van der Waals surface area contributed by atoms with Crippen LogP contribution in [0, 0.1) is 41.1 Å². The van der Waals surface area contributed by atoms with Gasteiger partial charge in [-0.05, 0) is 166 Å². The first-order valence-corrected chi connectivity index (χ1v) is 30.4. The van der Waals surface area contributed by atoms with E-state index in [1.165, 1.54) is 28.5 Å². The number of likely N-dealkylation sites (tertiary alicyclic amines) is 2. The molecule has 0 aliphatic carbocycles. The van der Waals surface area contributed by atoms with Crippen LogP contribution in [-0.4, -0.2) is 160 Å². The van der Waals surface area contributed by atoms with Gasteiger partial charge < -0.3 is 33.6 Å². The van der Waals surface area contributed by atoms with E-state index in [9.17, 15) is 19.2 Å². The fourth-order valence-electron chi connectivity index (χ4n) is 14.3. The largest absolute Gasteiger partial charge is 0.468 e. The summed E-state index contributed by atoms with van der Waals surface area (Å²) < 4.78 is 75.7. The zero-order valence-corrected chi connectivity index (χ0v) is 49.9. The Kier molecular flexibility index (Phi) is 16.2. The molecule has 22 heteroatoms. The average Bonchev–Trinajstić information content (AvgIpc) is 1.47. The quantitative estimate of drug-likeness (QED) is 0.0619. The Morgan fingerprint density at radius 3 is 2.23 bits per heavy atom. The lowest BCUT2D eigenvalue weighted by Crippen LogP contribution is -2.57. The standard InChI is InChI=1S/C64H76F3N11O8/c1-8-44-47(65)12-9-40-31-43(85-37-83-7)32-45(52(40)44)55-54(67)56-46(33-68-55)58(75-35-41-10-11-42(36-75)77(41)62(82)86-63(4,5)6)71-60(70-56)84-30-29-72-25-19-64(20-26-72)21-27-73(28-22-64)34-39-17-23-74(24-18-39)48-13-14-49-57(53(48)66)76(38(2)3)61(81)78(49)50-15-16-51(79)69-59(50)80/h1,9,12-14,31-33,38-39,41-42,50H,10-11,15-30,34-37H2,2-7H3,(H,69,79,80). The first-order valence-electron chi connectivity index (χ1n) is 30.4. The number of piperidine rings is 4. The summed E-state index contributed by atoms with van der Waals surface area (Å²) in [6.45, 7) is 17.1. The van der Waals surface area contributed by atoms with E-state index in [4.69, 9.17) is 35.3 Å². The first kappa shape index (κ1) is 58.9. The van der Waals surface area contributed by atoms with Crippen molar-refractivity contribution >= 4 is 62.1 Å². The van der Waals surface area contributed by atoms with Crippen LogP contribution in [0.15, 0.2) is 47.4 Å². The van der Waals surface area contributed by atoms with Crippen molar-refractivity contribution in [1.82, 2.24) is 44.1 Å². The Morgan fingerprint density at radius 1 is 0.860 bits per heavy atom. The third-order valence-corrected chi connectivity index (χ3v) is 18.8. The van der Waals surface area contributed by atoms with E-state index in [0.29, 0.717) is 77.6 Å². The van der Waals surface area contributed by atoms with E-state index in [2.05, 4.69) is 35.8 Å². The van der Waals surface area contributed by atoms with Crippen LogP contribution in [0.3, 0.4) is 0 Å². The number of fused-ring (bicyclic) bond motifs is 5. The Balaban J connectivity index is 0.694. The van der Waals surface area contributed by atoms with Crippen molar-refractivity contribution < 1.29 is 46.5 Å². The molecule has 1 spiro atoms. The highest BCUT2D eigenvalue weighted by atomic mass is 19.1. The summed E-state index contributed by atoms with van der Waals surface area (Å²) in [5.41, 5.74) is 0.176. The van der Waals surface area contributed by atoms with Crippen molar-refractivity contribution in [2.45, 2.75) is 129 Å². The molecule has 0 radical (unpaired) electrons. The lowest BCUT2D eigenvalue weighted by molar-refractivity contribution is -0.135. The van der Waals surface area contributed by atoms with Crippen molar-refractivity contribution in [2.75, 3.05) is 95.8 Å². The molecule has 12 rings (SSSR count). The lowest BCUT2D eigenvalue weighted by atomic mass is 9.71. The molecule has 2 bridgehead atoms. The normalized spacial score (nSPS) is 21.5. The number of benzene rings is 3. The van der Waals surface area contributed by atoms with Crippen LogP contribution in [0.1, 0.15) is 116 Å². The number of methoxy groups -OCH3 is 1. The topological polar surface area (TPSA) is 182 Å². The molecule has 3 aromatic heterocycles. The second-order valence-electron chi connectivity index (χ2n) is 25.6. The number of rotatable bonds is 14. The van der Waals surface area contributed by atoms with Gasteiger partial charge in [0, 0.05) is 76.0 Å². The highest BCUT2D eigenvalue weighted by Gasteiger charge is 2.46. The van der Waals surface area contributed by atoms with Gasteiger partial charge in [-0.3, -0.25) is 38.8 Å². The van der Waals surface area contributed by atoms with Gasteiger partial charge in [0.05, 0.1) is 34.2 Å². The molecule has 6 aliphatic rings. The van der Waals surface area contributed by atoms with E-state index < -0.39 is 40.7 Å².